The van der Waals surface area contributed by atoms with Crippen LogP contribution in [0.5, 0.6) is 0 Å². The second-order valence-electron chi connectivity index (χ2n) is 5.23. The number of hydrogen-bond donors (Lipinski definition) is 0. The molecule has 0 radical (unpaired) electrons. The van der Waals surface area contributed by atoms with E-state index in [1.165, 1.54) is 37.2 Å². The normalized spacial score (nSPS) is 17.5. The van der Waals surface area contributed by atoms with Crippen molar-refractivity contribution in [3.63, 3.8) is 0 Å². The molecule has 2 aromatic rings. The maximum Gasteiger partial charge on any atom is 0.0706 e. The first-order valence-electron chi connectivity index (χ1n) is 7.11. The quantitative estimate of drug-likeness (QED) is 0.823. The molecule has 0 unspecified atom stereocenters. The third kappa shape index (κ3) is 2.69. The van der Waals surface area contributed by atoms with Crippen LogP contribution in [-0.4, -0.2) is 23.0 Å². The van der Waals surface area contributed by atoms with E-state index < -0.39 is 0 Å². The van der Waals surface area contributed by atoms with Gasteiger partial charge in [0, 0.05) is 11.6 Å². The van der Waals surface area contributed by atoms with E-state index in [0.717, 1.165) is 5.69 Å². The van der Waals surface area contributed by atoms with Crippen LogP contribution in [0.15, 0.2) is 48.5 Å². The van der Waals surface area contributed by atoms with Crippen molar-refractivity contribution >= 4 is 0 Å². The topological polar surface area (TPSA) is 16.1 Å². The largest absolute Gasteiger partial charge is 0.295 e. The summed E-state index contributed by atoms with van der Waals surface area (Å²) in [4.78, 5) is 7.37. The Labute approximate surface area is 115 Å². The zero-order chi connectivity index (χ0) is 13.1. The summed E-state index contributed by atoms with van der Waals surface area (Å²) in [6.45, 7) is 4.68. The van der Waals surface area contributed by atoms with E-state index in [-0.39, 0.29) is 0 Å². The highest BCUT2D eigenvalue weighted by molar-refractivity contribution is 5.58. The number of aromatic nitrogens is 1. The van der Waals surface area contributed by atoms with Crippen LogP contribution in [0, 0.1) is 0 Å². The molecule has 3 rings (SSSR count). The van der Waals surface area contributed by atoms with Gasteiger partial charge in [0.25, 0.3) is 0 Å². The molecule has 2 heterocycles. The zero-order valence-corrected chi connectivity index (χ0v) is 11.4. The molecule has 1 aromatic carbocycles. The predicted molar refractivity (Wildman–Crippen MR) is 78.9 cm³/mol. The summed E-state index contributed by atoms with van der Waals surface area (Å²) in [6, 6.07) is 17.2. The lowest BCUT2D eigenvalue weighted by Crippen LogP contribution is -2.24. The van der Waals surface area contributed by atoms with Crippen molar-refractivity contribution in [3.05, 3.63) is 54.2 Å². The van der Waals surface area contributed by atoms with Crippen molar-refractivity contribution in [3.8, 4) is 11.3 Å². The van der Waals surface area contributed by atoms with Crippen LogP contribution in [0.3, 0.4) is 0 Å². The fraction of sp³-hybridized carbons (Fsp3) is 0.353. The van der Waals surface area contributed by atoms with Gasteiger partial charge in [0.1, 0.15) is 0 Å². The number of pyridine rings is 1. The highest BCUT2D eigenvalue weighted by Crippen LogP contribution is 2.25. The first-order chi connectivity index (χ1) is 9.34. The maximum absolute atomic E-state index is 4.85. The van der Waals surface area contributed by atoms with Gasteiger partial charge in [-0.05, 0) is 45.0 Å². The molecular weight excluding hydrogens is 232 g/mol. The standard InChI is InChI=1S/C17H20N2/c1-14(19-12-5-6-13-19)16-10-7-11-17(18-16)15-8-3-2-4-9-15/h2-4,7-11,14H,5-6,12-13H2,1H3/t14-/m0/s1. The van der Waals surface area contributed by atoms with Crippen LogP contribution in [0.4, 0.5) is 0 Å². The average Bonchev–Trinajstić information content (AvgIpc) is 3.02. The highest BCUT2D eigenvalue weighted by Gasteiger charge is 2.20. The van der Waals surface area contributed by atoms with Crippen LogP contribution in [-0.2, 0) is 0 Å². The van der Waals surface area contributed by atoms with Gasteiger partial charge in [-0.2, -0.15) is 0 Å². The van der Waals surface area contributed by atoms with E-state index in [0.29, 0.717) is 6.04 Å². The van der Waals surface area contributed by atoms with Gasteiger partial charge in [0.2, 0.25) is 0 Å². The Kier molecular flexibility index (Phi) is 3.60. The molecule has 1 aliphatic rings. The molecule has 1 fully saturated rings. The van der Waals surface area contributed by atoms with E-state index in [9.17, 15) is 0 Å². The average molecular weight is 252 g/mol. The Hall–Kier alpha value is -1.67. The first-order valence-corrected chi connectivity index (χ1v) is 7.11. The van der Waals surface area contributed by atoms with Crippen molar-refractivity contribution in [2.45, 2.75) is 25.8 Å². The van der Waals surface area contributed by atoms with Gasteiger partial charge < -0.3 is 0 Å². The monoisotopic (exact) mass is 252 g/mol. The van der Waals surface area contributed by atoms with E-state index in [1.54, 1.807) is 0 Å². The lowest BCUT2D eigenvalue weighted by atomic mass is 10.1. The SMILES string of the molecule is C[C@@H](c1cccc(-c2ccccc2)n1)N1CCCC1. The summed E-state index contributed by atoms with van der Waals surface area (Å²) in [6.07, 6.45) is 2.64. The Morgan fingerprint density at radius 2 is 1.68 bits per heavy atom. The number of rotatable bonds is 3. The Balaban J connectivity index is 1.87. The maximum atomic E-state index is 4.85. The molecule has 2 nitrogen and oxygen atoms in total. The minimum Gasteiger partial charge on any atom is -0.295 e. The molecule has 0 saturated carbocycles. The summed E-state index contributed by atoms with van der Waals surface area (Å²) < 4.78 is 0. The van der Waals surface area contributed by atoms with Crippen LogP contribution in [0.1, 0.15) is 31.5 Å². The minimum atomic E-state index is 0.422. The Morgan fingerprint density at radius 3 is 2.42 bits per heavy atom. The smallest absolute Gasteiger partial charge is 0.0706 e. The van der Waals surface area contributed by atoms with E-state index in [4.69, 9.17) is 4.98 Å². The molecule has 1 saturated heterocycles. The van der Waals surface area contributed by atoms with E-state index in [1.807, 2.05) is 6.07 Å². The van der Waals surface area contributed by atoms with Crippen molar-refractivity contribution in [2.24, 2.45) is 0 Å². The molecule has 2 heteroatoms. The fourth-order valence-electron chi connectivity index (χ4n) is 2.77. The summed E-state index contributed by atoms with van der Waals surface area (Å²) in [5.41, 5.74) is 3.45. The van der Waals surface area contributed by atoms with Crippen LogP contribution in [0.2, 0.25) is 0 Å². The molecule has 98 valence electrons. The molecule has 1 atom stereocenters. The second-order valence-corrected chi connectivity index (χ2v) is 5.23. The first kappa shape index (κ1) is 12.4. The van der Waals surface area contributed by atoms with Gasteiger partial charge >= 0.3 is 0 Å². The Morgan fingerprint density at radius 1 is 0.947 bits per heavy atom. The molecular formula is C17H20N2. The van der Waals surface area contributed by atoms with Gasteiger partial charge in [-0.15, -0.1) is 0 Å². The number of nitrogens with zero attached hydrogens (tertiary/aromatic N) is 2. The van der Waals surface area contributed by atoms with Gasteiger partial charge in [0.05, 0.1) is 11.4 Å². The van der Waals surface area contributed by atoms with Crippen molar-refractivity contribution < 1.29 is 0 Å². The minimum absolute atomic E-state index is 0.422. The third-order valence-electron chi connectivity index (χ3n) is 3.96. The predicted octanol–water partition coefficient (Wildman–Crippen LogP) is 3.91. The molecule has 1 aliphatic heterocycles. The molecule has 0 aliphatic carbocycles. The van der Waals surface area contributed by atoms with Crippen molar-refractivity contribution in [1.29, 1.82) is 0 Å². The second kappa shape index (κ2) is 5.54. The van der Waals surface area contributed by atoms with Crippen molar-refractivity contribution in [1.82, 2.24) is 9.88 Å². The van der Waals surface area contributed by atoms with E-state index in [2.05, 4.69) is 54.3 Å². The summed E-state index contributed by atoms with van der Waals surface area (Å²) in [5, 5.41) is 0. The fourth-order valence-corrected chi connectivity index (χ4v) is 2.77. The molecule has 1 aromatic heterocycles. The molecule has 19 heavy (non-hydrogen) atoms. The van der Waals surface area contributed by atoms with Crippen molar-refractivity contribution in [2.75, 3.05) is 13.1 Å². The summed E-state index contributed by atoms with van der Waals surface area (Å²) >= 11 is 0. The molecule has 0 N–H and O–H groups in total. The number of benzene rings is 1. The molecule has 0 amide bonds. The number of likely N-dealkylation sites (tertiary alicyclic amines) is 1. The lowest BCUT2D eigenvalue weighted by Gasteiger charge is -2.23. The number of hydrogen-bond acceptors (Lipinski definition) is 2. The van der Waals surface area contributed by atoms with Crippen LogP contribution < -0.4 is 0 Å². The summed E-state index contributed by atoms with van der Waals surface area (Å²) in [7, 11) is 0. The highest BCUT2D eigenvalue weighted by atomic mass is 15.2. The molecule has 0 spiro atoms. The van der Waals surface area contributed by atoms with Gasteiger partial charge in [-0.3, -0.25) is 9.88 Å². The van der Waals surface area contributed by atoms with Gasteiger partial charge in [-0.25, -0.2) is 0 Å². The Bertz CT molecular complexity index is 530. The lowest BCUT2D eigenvalue weighted by molar-refractivity contribution is 0.259. The van der Waals surface area contributed by atoms with E-state index >= 15 is 0 Å². The van der Waals surface area contributed by atoms with Crippen LogP contribution in [0.25, 0.3) is 11.3 Å². The zero-order valence-electron chi connectivity index (χ0n) is 11.4. The third-order valence-corrected chi connectivity index (χ3v) is 3.96. The van der Waals surface area contributed by atoms with Crippen LogP contribution >= 0.6 is 0 Å². The van der Waals surface area contributed by atoms with Gasteiger partial charge in [0.15, 0.2) is 0 Å². The van der Waals surface area contributed by atoms with Gasteiger partial charge in [-0.1, -0.05) is 36.4 Å². The molecule has 0 bridgehead atoms. The summed E-state index contributed by atoms with van der Waals surface area (Å²) in [5.74, 6) is 0.